The lowest BCUT2D eigenvalue weighted by molar-refractivity contribution is 0.0975. The van der Waals surface area contributed by atoms with Gasteiger partial charge in [0.05, 0.1) is 4.88 Å². The Kier molecular flexibility index (Phi) is 11.8. The predicted octanol–water partition coefficient (Wildman–Crippen LogP) is 6.66. The van der Waals surface area contributed by atoms with Crippen LogP contribution in [0.15, 0.2) is 30.3 Å². The van der Waals surface area contributed by atoms with Gasteiger partial charge in [0.1, 0.15) is 0 Å². The second-order valence-corrected chi connectivity index (χ2v) is 10.2. The minimum atomic E-state index is 0.0674. The summed E-state index contributed by atoms with van der Waals surface area (Å²) in [6.07, 6.45) is 6.61. The van der Waals surface area contributed by atoms with Gasteiger partial charge in [-0.1, -0.05) is 42.0 Å². The number of carbonyl (C=O) groups excluding carboxylic acids is 1. The molecule has 1 saturated carbocycles. The molecule has 1 aliphatic rings. The van der Waals surface area contributed by atoms with Gasteiger partial charge in [-0.2, -0.15) is 0 Å². The zero-order chi connectivity index (χ0) is 23.5. The van der Waals surface area contributed by atoms with Crippen molar-refractivity contribution in [2.75, 3.05) is 13.7 Å². The number of hydrogen-bond donors (Lipinski definition) is 2. The maximum Gasteiger partial charge on any atom is 0.172 e. The summed E-state index contributed by atoms with van der Waals surface area (Å²) in [5, 5.41) is 17.1. The largest absolute Gasteiger partial charge is 0.400 e. The van der Waals surface area contributed by atoms with Crippen LogP contribution in [-0.4, -0.2) is 29.7 Å². The molecule has 3 rings (SSSR count). The topological polar surface area (TPSA) is 57.5 Å². The number of aryl methyl sites for hydroxylation is 1. The fourth-order valence-corrected chi connectivity index (χ4v) is 5.81. The van der Waals surface area contributed by atoms with Gasteiger partial charge in [0, 0.05) is 46.5 Å². The van der Waals surface area contributed by atoms with Crippen LogP contribution in [0.25, 0.3) is 0 Å². The zero-order valence-electron chi connectivity index (χ0n) is 18.7. The first-order valence-corrected chi connectivity index (χ1v) is 12.7. The molecule has 3 unspecified atom stereocenters. The molecule has 1 fully saturated rings. The van der Waals surface area contributed by atoms with E-state index in [9.17, 15) is 4.79 Å². The van der Waals surface area contributed by atoms with Gasteiger partial charge in [-0.3, -0.25) is 4.79 Å². The Labute approximate surface area is 205 Å². The highest BCUT2D eigenvalue weighted by Crippen LogP contribution is 2.40. The van der Waals surface area contributed by atoms with E-state index in [1.807, 2.05) is 18.2 Å². The highest BCUT2D eigenvalue weighted by molar-refractivity contribution is 7.14. The predicted molar refractivity (Wildman–Crippen MR) is 135 cm³/mol. The number of benzene rings is 1. The van der Waals surface area contributed by atoms with Gasteiger partial charge in [0.15, 0.2) is 5.78 Å². The molecular formula is C26H32Cl2O3S. The van der Waals surface area contributed by atoms with Gasteiger partial charge >= 0.3 is 0 Å². The van der Waals surface area contributed by atoms with Crippen molar-refractivity contribution in [3.63, 3.8) is 0 Å². The Morgan fingerprint density at radius 2 is 1.84 bits per heavy atom. The summed E-state index contributed by atoms with van der Waals surface area (Å²) in [5.41, 5.74) is 0.878. The van der Waals surface area contributed by atoms with Gasteiger partial charge in [-0.15, -0.1) is 11.3 Å². The normalized spacial score (nSPS) is 19.6. The number of Topliss-reactive ketones (excluding diaryl/α,β-unsaturated/α-hetero) is 1. The molecule has 2 N–H and O–H groups in total. The summed E-state index contributed by atoms with van der Waals surface area (Å²) < 4.78 is 0. The van der Waals surface area contributed by atoms with E-state index in [0.717, 1.165) is 43.2 Å². The molecule has 1 aromatic carbocycles. The van der Waals surface area contributed by atoms with Crippen LogP contribution < -0.4 is 0 Å². The number of thiophene rings is 1. The van der Waals surface area contributed by atoms with Crippen molar-refractivity contribution in [3.05, 3.63) is 55.7 Å². The highest BCUT2D eigenvalue weighted by Gasteiger charge is 2.31. The number of aliphatic hydroxyl groups is 2. The molecule has 0 spiro atoms. The van der Waals surface area contributed by atoms with Crippen molar-refractivity contribution in [1.29, 1.82) is 0 Å². The number of ketones is 1. The standard InChI is InChI=1S/C25H28Cl2O2S.CH4O/c1-17-7-9-19(10-8-18-14-20(26)16-21(27)15-18)23(17)5-2-4-22-11-12-25(30-22)24(29)6-3-13-28;1-2/h11-12,14-17,19,23,28H,2-7,9,13H2,1H3;2H,1H3. The summed E-state index contributed by atoms with van der Waals surface area (Å²) in [6, 6.07) is 9.47. The molecule has 0 bridgehead atoms. The van der Waals surface area contributed by atoms with Crippen molar-refractivity contribution in [2.45, 2.75) is 51.9 Å². The van der Waals surface area contributed by atoms with Crippen molar-refractivity contribution in [1.82, 2.24) is 0 Å². The van der Waals surface area contributed by atoms with Crippen LogP contribution in [0, 0.1) is 29.6 Å². The van der Waals surface area contributed by atoms with Crippen molar-refractivity contribution in [3.8, 4) is 11.8 Å². The van der Waals surface area contributed by atoms with Crippen molar-refractivity contribution >= 4 is 40.3 Å². The SMILES string of the molecule is CC1CCC(C#Cc2cc(Cl)cc(Cl)c2)C1CCCc1ccc(C(=O)CCCO)s1.CO. The minimum absolute atomic E-state index is 0.0674. The van der Waals surface area contributed by atoms with Crippen LogP contribution >= 0.6 is 34.5 Å². The van der Waals surface area contributed by atoms with Gasteiger partial charge in [0.2, 0.25) is 0 Å². The fraction of sp³-hybridized carbons (Fsp3) is 0.500. The molecule has 0 saturated heterocycles. The average Bonchev–Trinajstić information content (AvgIpc) is 3.38. The molecule has 1 heterocycles. The van der Waals surface area contributed by atoms with Gasteiger partial charge < -0.3 is 10.2 Å². The third-order valence-electron chi connectivity index (χ3n) is 5.90. The Morgan fingerprint density at radius 3 is 2.53 bits per heavy atom. The first-order chi connectivity index (χ1) is 15.5. The van der Waals surface area contributed by atoms with E-state index in [0.29, 0.717) is 40.6 Å². The average molecular weight is 496 g/mol. The monoisotopic (exact) mass is 494 g/mol. The molecule has 1 aromatic heterocycles. The van der Waals surface area contributed by atoms with E-state index in [1.54, 1.807) is 17.4 Å². The molecule has 174 valence electrons. The molecule has 0 radical (unpaired) electrons. The van der Waals surface area contributed by atoms with Gasteiger partial charge in [0.25, 0.3) is 0 Å². The first kappa shape index (κ1) is 26.9. The summed E-state index contributed by atoms with van der Waals surface area (Å²) in [5.74, 6) is 8.63. The quantitative estimate of drug-likeness (QED) is 0.318. The first-order valence-electron chi connectivity index (χ1n) is 11.1. The van der Waals surface area contributed by atoms with E-state index in [2.05, 4.69) is 24.8 Å². The van der Waals surface area contributed by atoms with Gasteiger partial charge in [-0.25, -0.2) is 0 Å². The Bertz CT molecular complexity index is 908. The molecule has 6 heteroatoms. The third kappa shape index (κ3) is 8.21. The highest BCUT2D eigenvalue weighted by atomic mass is 35.5. The van der Waals surface area contributed by atoms with Crippen LogP contribution in [0.2, 0.25) is 10.0 Å². The molecule has 1 aliphatic carbocycles. The van der Waals surface area contributed by atoms with Crippen LogP contribution in [0.5, 0.6) is 0 Å². The molecule has 0 aliphatic heterocycles. The molecule has 3 nitrogen and oxygen atoms in total. The lowest BCUT2D eigenvalue weighted by Gasteiger charge is -2.19. The van der Waals surface area contributed by atoms with E-state index < -0.39 is 0 Å². The maximum absolute atomic E-state index is 12.1. The van der Waals surface area contributed by atoms with E-state index in [4.69, 9.17) is 33.4 Å². The molecule has 0 amide bonds. The number of hydrogen-bond acceptors (Lipinski definition) is 4. The van der Waals surface area contributed by atoms with Crippen LogP contribution in [-0.2, 0) is 6.42 Å². The fourth-order valence-electron chi connectivity index (χ4n) is 4.27. The third-order valence-corrected chi connectivity index (χ3v) is 7.53. The maximum atomic E-state index is 12.1. The molecule has 2 aromatic rings. The summed E-state index contributed by atoms with van der Waals surface area (Å²) in [6.45, 7) is 2.41. The molecule has 32 heavy (non-hydrogen) atoms. The van der Waals surface area contributed by atoms with E-state index in [-0.39, 0.29) is 12.4 Å². The Morgan fingerprint density at radius 1 is 1.12 bits per heavy atom. The zero-order valence-corrected chi connectivity index (χ0v) is 21.1. The van der Waals surface area contributed by atoms with Crippen LogP contribution in [0.4, 0.5) is 0 Å². The second-order valence-electron chi connectivity index (χ2n) is 8.16. The lowest BCUT2D eigenvalue weighted by Crippen LogP contribution is -2.12. The lowest BCUT2D eigenvalue weighted by atomic mass is 9.86. The summed E-state index contributed by atoms with van der Waals surface area (Å²) in [4.78, 5) is 14.2. The van der Waals surface area contributed by atoms with Crippen LogP contribution in [0.1, 0.15) is 65.6 Å². The molecule has 3 atom stereocenters. The van der Waals surface area contributed by atoms with Crippen molar-refractivity contribution in [2.24, 2.45) is 17.8 Å². The smallest absolute Gasteiger partial charge is 0.172 e. The number of aliphatic hydroxyl groups excluding tert-OH is 2. The molecular weight excluding hydrogens is 463 g/mol. The number of halogens is 2. The van der Waals surface area contributed by atoms with Crippen molar-refractivity contribution < 1.29 is 15.0 Å². The Balaban J connectivity index is 0.00000176. The summed E-state index contributed by atoms with van der Waals surface area (Å²) >= 11 is 13.8. The second kappa shape index (κ2) is 14.0. The summed E-state index contributed by atoms with van der Waals surface area (Å²) in [7, 11) is 1.00. The number of rotatable bonds is 8. The van der Waals surface area contributed by atoms with Crippen LogP contribution in [0.3, 0.4) is 0 Å². The Hall–Kier alpha value is -1.35. The van der Waals surface area contributed by atoms with E-state index >= 15 is 0 Å². The number of carbonyl (C=O) groups is 1. The van der Waals surface area contributed by atoms with Gasteiger partial charge in [-0.05, 0) is 80.7 Å². The minimum Gasteiger partial charge on any atom is -0.400 e. The van der Waals surface area contributed by atoms with E-state index in [1.165, 1.54) is 11.3 Å².